The molecule has 7 nitrogen and oxygen atoms in total. The molecule has 2 N–H and O–H groups in total. The molecule has 0 aromatic heterocycles. The fourth-order valence-electron chi connectivity index (χ4n) is 3.17. The first-order valence-corrected chi connectivity index (χ1v) is 9.97. The van der Waals surface area contributed by atoms with Crippen LogP contribution in [0.3, 0.4) is 0 Å². The lowest BCUT2D eigenvalue weighted by Gasteiger charge is -2.32. The molecule has 1 aliphatic heterocycles. The van der Waals surface area contributed by atoms with Gasteiger partial charge in [0.25, 0.3) is 0 Å². The Bertz CT molecular complexity index is 761. The van der Waals surface area contributed by atoms with Gasteiger partial charge in [-0.25, -0.2) is 9.18 Å². The maximum Gasteiger partial charge on any atom is 0.412 e. The van der Waals surface area contributed by atoms with Gasteiger partial charge in [-0.1, -0.05) is 6.92 Å². The predicted octanol–water partition coefficient (Wildman–Crippen LogP) is 4.15. The van der Waals surface area contributed by atoms with Crippen LogP contribution in [0.5, 0.6) is 0 Å². The van der Waals surface area contributed by atoms with Crippen LogP contribution in [-0.4, -0.2) is 41.5 Å². The summed E-state index contributed by atoms with van der Waals surface area (Å²) in [7, 11) is 0. The van der Waals surface area contributed by atoms with Crippen LogP contribution in [0, 0.1) is 11.7 Å². The highest BCUT2D eigenvalue weighted by Gasteiger charge is 2.28. The fraction of sp³-hybridized carbons (Fsp3) is 0.571. The minimum absolute atomic E-state index is 0.0445. The third-order valence-corrected chi connectivity index (χ3v) is 4.48. The molecule has 2 rings (SSSR count). The van der Waals surface area contributed by atoms with Crippen molar-refractivity contribution >= 4 is 29.3 Å². The number of nitrogens with zero attached hydrogens (tertiary/aromatic N) is 1. The van der Waals surface area contributed by atoms with E-state index in [1.165, 1.54) is 12.1 Å². The number of nitrogens with one attached hydrogen (secondary N) is 2. The number of ether oxygens (including phenoxy) is 1. The number of anilines is 2. The average molecular weight is 407 g/mol. The van der Waals surface area contributed by atoms with Crippen LogP contribution in [0.25, 0.3) is 0 Å². The molecule has 0 radical (unpaired) electrons. The Labute approximate surface area is 171 Å². The van der Waals surface area contributed by atoms with Crippen molar-refractivity contribution in [3.05, 3.63) is 24.0 Å². The molecule has 0 saturated carbocycles. The van der Waals surface area contributed by atoms with E-state index in [1.54, 1.807) is 25.7 Å². The van der Waals surface area contributed by atoms with Gasteiger partial charge in [-0.15, -0.1) is 0 Å². The number of piperidine rings is 1. The molecule has 1 unspecified atom stereocenters. The molecule has 1 aromatic rings. The highest BCUT2D eigenvalue weighted by molar-refractivity contribution is 5.99. The topological polar surface area (TPSA) is 87.7 Å². The van der Waals surface area contributed by atoms with Crippen LogP contribution < -0.4 is 10.6 Å². The molecular weight excluding hydrogens is 377 g/mol. The number of carbonyl (C=O) groups excluding carboxylic acids is 3. The lowest BCUT2D eigenvalue weighted by atomic mass is 9.96. The summed E-state index contributed by atoms with van der Waals surface area (Å²) < 4.78 is 19.0. The molecule has 1 heterocycles. The molecule has 1 fully saturated rings. The fourth-order valence-corrected chi connectivity index (χ4v) is 3.17. The normalized spacial score (nSPS) is 16.9. The van der Waals surface area contributed by atoms with Gasteiger partial charge in [0.2, 0.25) is 11.8 Å². The van der Waals surface area contributed by atoms with Crippen LogP contribution >= 0.6 is 0 Å². The zero-order valence-electron chi connectivity index (χ0n) is 17.5. The summed E-state index contributed by atoms with van der Waals surface area (Å²) in [4.78, 5) is 38.7. The number of benzene rings is 1. The van der Waals surface area contributed by atoms with Crippen LogP contribution in [0.4, 0.5) is 20.6 Å². The Hall–Kier alpha value is -2.64. The summed E-state index contributed by atoms with van der Waals surface area (Å²) in [5, 5.41) is 5.23. The Morgan fingerprint density at radius 1 is 1.21 bits per heavy atom. The number of halogens is 1. The summed E-state index contributed by atoms with van der Waals surface area (Å²) in [5.74, 6) is -1.19. The standard InChI is InChI=1S/C21H30FN3O4/c1-5-7-18(26)25-11-6-8-14(13-25)19(27)23-17-12-15(22)9-10-16(17)24-20(28)29-21(2,3)4/h9-10,12,14H,5-8,11,13H2,1-4H3,(H,23,27)(H,24,28). The number of carbonyl (C=O) groups is 3. The van der Waals surface area contributed by atoms with Gasteiger partial charge in [0, 0.05) is 19.5 Å². The minimum Gasteiger partial charge on any atom is -0.444 e. The monoisotopic (exact) mass is 407 g/mol. The smallest absolute Gasteiger partial charge is 0.412 e. The summed E-state index contributed by atoms with van der Waals surface area (Å²) in [6.07, 6.45) is 1.90. The first kappa shape index (κ1) is 22.6. The van der Waals surface area contributed by atoms with Gasteiger partial charge in [0.1, 0.15) is 11.4 Å². The summed E-state index contributed by atoms with van der Waals surface area (Å²) in [5.41, 5.74) is -0.300. The molecule has 3 amide bonds. The lowest BCUT2D eigenvalue weighted by Crippen LogP contribution is -2.43. The van der Waals surface area contributed by atoms with Crippen molar-refractivity contribution in [2.75, 3.05) is 23.7 Å². The molecule has 1 saturated heterocycles. The molecule has 160 valence electrons. The molecular formula is C21H30FN3O4. The van der Waals surface area contributed by atoms with Gasteiger partial charge >= 0.3 is 6.09 Å². The van der Waals surface area contributed by atoms with Gasteiger partial charge in [-0.3, -0.25) is 14.9 Å². The molecule has 29 heavy (non-hydrogen) atoms. The number of rotatable bonds is 5. The van der Waals surface area contributed by atoms with Gasteiger partial charge in [-0.2, -0.15) is 0 Å². The second kappa shape index (κ2) is 9.71. The highest BCUT2D eigenvalue weighted by Crippen LogP contribution is 2.26. The van der Waals surface area contributed by atoms with Gasteiger partial charge in [0.05, 0.1) is 17.3 Å². The third kappa shape index (κ3) is 7.03. The van der Waals surface area contributed by atoms with Crippen LogP contribution in [0.1, 0.15) is 53.4 Å². The minimum atomic E-state index is -0.700. The molecule has 1 aromatic carbocycles. The van der Waals surface area contributed by atoms with Gasteiger partial charge < -0.3 is 15.0 Å². The van der Waals surface area contributed by atoms with E-state index < -0.39 is 17.5 Å². The summed E-state index contributed by atoms with van der Waals surface area (Å²) in [6.45, 7) is 8.12. The van der Waals surface area contributed by atoms with Gasteiger partial charge in [0.15, 0.2) is 0 Å². The van der Waals surface area contributed by atoms with E-state index in [4.69, 9.17) is 4.74 Å². The molecule has 8 heteroatoms. The first-order chi connectivity index (χ1) is 13.6. The van der Waals surface area contributed by atoms with E-state index in [1.807, 2.05) is 6.92 Å². The zero-order chi connectivity index (χ0) is 21.6. The van der Waals surface area contributed by atoms with Crippen LogP contribution in [-0.2, 0) is 14.3 Å². The molecule has 0 bridgehead atoms. The summed E-state index contributed by atoms with van der Waals surface area (Å²) >= 11 is 0. The van der Waals surface area contributed by atoms with Crippen LogP contribution in [0.2, 0.25) is 0 Å². The van der Waals surface area contributed by atoms with Crippen molar-refractivity contribution in [3.8, 4) is 0 Å². The van der Waals surface area contributed by atoms with E-state index in [2.05, 4.69) is 10.6 Å². The van der Waals surface area contributed by atoms with Crippen molar-refractivity contribution < 1.29 is 23.5 Å². The van der Waals surface area contributed by atoms with Crippen molar-refractivity contribution in [2.45, 2.75) is 59.0 Å². The SMILES string of the molecule is CCCC(=O)N1CCCC(C(=O)Nc2cc(F)ccc2NC(=O)OC(C)(C)C)C1. The second-order valence-electron chi connectivity index (χ2n) is 8.23. The molecule has 0 aliphatic carbocycles. The quantitative estimate of drug-likeness (QED) is 0.768. The Morgan fingerprint density at radius 2 is 1.93 bits per heavy atom. The Kier molecular flexibility index (Phi) is 7.59. The molecule has 1 aliphatic rings. The van der Waals surface area contributed by atoms with Crippen molar-refractivity contribution in [1.82, 2.24) is 4.90 Å². The average Bonchev–Trinajstić information content (AvgIpc) is 2.62. The zero-order valence-corrected chi connectivity index (χ0v) is 17.5. The number of hydrogen-bond donors (Lipinski definition) is 2. The summed E-state index contributed by atoms with van der Waals surface area (Å²) in [6, 6.07) is 3.70. The maximum atomic E-state index is 13.8. The number of hydrogen-bond acceptors (Lipinski definition) is 4. The van der Waals surface area contributed by atoms with E-state index in [9.17, 15) is 18.8 Å². The predicted molar refractivity (Wildman–Crippen MR) is 109 cm³/mol. The first-order valence-electron chi connectivity index (χ1n) is 9.97. The third-order valence-electron chi connectivity index (χ3n) is 4.48. The second-order valence-corrected chi connectivity index (χ2v) is 8.23. The van der Waals surface area contributed by atoms with Crippen molar-refractivity contribution in [2.24, 2.45) is 5.92 Å². The number of amides is 3. The van der Waals surface area contributed by atoms with E-state index >= 15 is 0 Å². The molecule has 0 spiro atoms. The van der Waals surface area contributed by atoms with E-state index in [0.29, 0.717) is 25.9 Å². The molecule has 1 atom stereocenters. The van der Waals surface area contributed by atoms with Crippen LogP contribution in [0.15, 0.2) is 18.2 Å². The van der Waals surface area contributed by atoms with Gasteiger partial charge in [-0.05, 0) is 58.2 Å². The lowest BCUT2D eigenvalue weighted by molar-refractivity contribution is -0.134. The van der Waals surface area contributed by atoms with E-state index in [-0.39, 0.29) is 29.1 Å². The Morgan fingerprint density at radius 3 is 2.59 bits per heavy atom. The Balaban J connectivity index is 2.08. The largest absolute Gasteiger partial charge is 0.444 e. The van der Waals surface area contributed by atoms with E-state index in [0.717, 1.165) is 18.9 Å². The van der Waals surface area contributed by atoms with Crippen molar-refractivity contribution in [1.29, 1.82) is 0 Å². The number of likely N-dealkylation sites (tertiary alicyclic amines) is 1. The highest BCUT2D eigenvalue weighted by atomic mass is 19.1. The maximum absolute atomic E-state index is 13.8. The van der Waals surface area contributed by atoms with Crippen molar-refractivity contribution in [3.63, 3.8) is 0 Å².